The molecule has 6 heteroatoms. The zero-order valence-corrected chi connectivity index (χ0v) is 13.9. The third-order valence-electron chi connectivity index (χ3n) is 4.15. The van der Waals surface area contributed by atoms with Crippen molar-refractivity contribution >= 4 is 29.0 Å². The van der Waals surface area contributed by atoms with Crippen molar-refractivity contribution in [3.05, 3.63) is 40.5 Å². The zero-order valence-electron chi connectivity index (χ0n) is 12.3. The summed E-state index contributed by atoms with van der Waals surface area (Å²) in [6.45, 7) is 2.69. The first kappa shape index (κ1) is 14.4. The Balaban J connectivity index is 1.78. The Morgan fingerprint density at radius 2 is 1.95 bits per heavy atom. The lowest BCUT2D eigenvalue weighted by molar-refractivity contribution is 0.0302. The van der Waals surface area contributed by atoms with E-state index in [2.05, 4.69) is 4.57 Å². The van der Waals surface area contributed by atoms with Gasteiger partial charge in [0, 0.05) is 36.1 Å². The zero-order chi connectivity index (χ0) is 14.9. The first-order valence-corrected chi connectivity index (χ1v) is 9.54. The molecule has 0 bridgehead atoms. The Morgan fingerprint density at radius 3 is 2.73 bits per heavy atom. The minimum Gasteiger partial charge on any atom is -0.378 e. The molecule has 2 aliphatic heterocycles. The van der Waals surface area contributed by atoms with Crippen molar-refractivity contribution < 1.29 is 9.53 Å². The maximum Gasteiger partial charge on any atom is 0.257 e. The molecule has 116 valence electrons. The van der Waals surface area contributed by atoms with E-state index < -0.39 is 0 Å². The van der Waals surface area contributed by atoms with Gasteiger partial charge in [-0.3, -0.25) is 4.79 Å². The van der Waals surface area contributed by atoms with Gasteiger partial charge in [0.25, 0.3) is 5.91 Å². The Morgan fingerprint density at radius 1 is 1.18 bits per heavy atom. The predicted octanol–water partition coefficient (Wildman–Crippen LogP) is 2.80. The number of aromatic nitrogens is 1. The van der Waals surface area contributed by atoms with E-state index in [-0.39, 0.29) is 5.91 Å². The summed E-state index contributed by atoms with van der Waals surface area (Å²) in [5.74, 6) is 2.32. The fraction of sp³-hybridized carbons (Fsp3) is 0.438. The summed E-state index contributed by atoms with van der Waals surface area (Å²) in [7, 11) is 0. The predicted molar refractivity (Wildman–Crippen MR) is 90.2 cm³/mol. The van der Waals surface area contributed by atoms with Crippen LogP contribution in [0, 0.1) is 0 Å². The van der Waals surface area contributed by atoms with Crippen molar-refractivity contribution in [3.8, 4) is 5.00 Å². The molecule has 4 heterocycles. The number of hydrogen-bond acceptors (Lipinski definition) is 4. The molecule has 0 aromatic carbocycles. The fourth-order valence-corrected chi connectivity index (χ4v) is 5.45. The van der Waals surface area contributed by atoms with Crippen LogP contribution < -0.4 is 0 Å². The fourth-order valence-electron chi connectivity index (χ4n) is 3.01. The van der Waals surface area contributed by atoms with Crippen molar-refractivity contribution in [2.75, 3.05) is 32.1 Å². The van der Waals surface area contributed by atoms with Crippen LogP contribution in [0.2, 0.25) is 0 Å². The minimum absolute atomic E-state index is 0.177. The lowest BCUT2D eigenvalue weighted by Crippen LogP contribution is -2.41. The number of amides is 1. The van der Waals surface area contributed by atoms with Crippen LogP contribution >= 0.6 is 23.1 Å². The van der Waals surface area contributed by atoms with E-state index in [1.54, 1.807) is 11.3 Å². The van der Waals surface area contributed by atoms with E-state index in [9.17, 15) is 4.79 Å². The molecule has 0 unspecified atom stereocenters. The molecule has 2 aromatic rings. The smallest absolute Gasteiger partial charge is 0.257 e. The van der Waals surface area contributed by atoms with Gasteiger partial charge in [-0.05, 0) is 29.9 Å². The summed E-state index contributed by atoms with van der Waals surface area (Å²) < 4.78 is 7.47. The molecule has 4 nitrogen and oxygen atoms in total. The highest BCUT2D eigenvalue weighted by molar-refractivity contribution is 7.98. The van der Waals surface area contributed by atoms with Crippen molar-refractivity contribution in [2.24, 2.45) is 0 Å². The Kier molecular flexibility index (Phi) is 3.98. The van der Waals surface area contributed by atoms with Gasteiger partial charge < -0.3 is 14.2 Å². The third kappa shape index (κ3) is 2.49. The van der Waals surface area contributed by atoms with Gasteiger partial charge in [0.1, 0.15) is 5.00 Å². The summed E-state index contributed by atoms with van der Waals surface area (Å²) in [5, 5.41) is 1.08. The largest absolute Gasteiger partial charge is 0.378 e. The Labute approximate surface area is 138 Å². The molecule has 0 N–H and O–H groups in total. The van der Waals surface area contributed by atoms with Gasteiger partial charge in [-0.25, -0.2) is 0 Å². The maximum atomic E-state index is 13.1. The van der Waals surface area contributed by atoms with Gasteiger partial charge in [0.2, 0.25) is 0 Å². The number of morpholine rings is 1. The highest BCUT2D eigenvalue weighted by Crippen LogP contribution is 2.39. The first-order chi connectivity index (χ1) is 10.8. The van der Waals surface area contributed by atoms with E-state index in [1.807, 2.05) is 41.2 Å². The highest BCUT2D eigenvalue weighted by Gasteiger charge is 2.29. The monoisotopic (exact) mass is 334 g/mol. The summed E-state index contributed by atoms with van der Waals surface area (Å²) >= 11 is 3.74. The van der Waals surface area contributed by atoms with E-state index in [1.165, 1.54) is 10.4 Å². The van der Waals surface area contributed by atoms with Crippen LogP contribution in [-0.4, -0.2) is 47.4 Å². The molecule has 22 heavy (non-hydrogen) atoms. The average Bonchev–Trinajstić information content (AvgIpc) is 3.22. The van der Waals surface area contributed by atoms with Crippen LogP contribution in [0.5, 0.6) is 0 Å². The second kappa shape index (κ2) is 6.10. The van der Waals surface area contributed by atoms with Gasteiger partial charge in [-0.1, -0.05) is 0 Å². The minimum atomic E-state index is 0.177. The molecular formula is C16H18N2O2S2. The number of thiophene rings is 1. The number of carbonyl (C=O) groups excluding carboxylic acids is 1. The molecule has 0 aliphatic carbocycles. The van der Waals surface area contributed by atoms with Crippen LogP contribution in [0.4, 0.5) is 0 Å². The van der Waals surface area contributed by atoms with Gasteiger partial charge in [-0.2, -0.15) is 11.8 Å². The molecule has 1 saturated heterocycles. The lowest BCUT2D eigenvalue weighted by Gasteiger charge is -2.27. The molecule has 2 aliphatic rings. The Hall–Kier alpha value is -1.24. The van der Waals surface area contributed by atoms with Gasteiger partial charge >= 0.3 is 0 Å². The molecular weight excluding hydrogens is 316 g/mol. The second-order valence-electron chi connectivity index (χ2n) is 5.48. The topological polar surface area (TPSA) is 34.5 Å². The van der Waals surface area contributed by atoms with Crippen molar-refractivity contribution in [2.45, 2.75) is 12.2 Å². The van der Waals surface area contributed by atoms with Crippen molar-refractivity contribution in [1.82, 2.24) is 9.47 Å². The first-order valence-electron chi connectivity index (χ1n) is 7.57. The lowest BCUT2D eigenvalue weighted by atomic mass is 10.1. The van der Waals surface area contributed by atoms with Gasteiger partial charge in [0.15, 0.2) is 0 Å². The summed E-state index contributed by atoms with van der Waals surface area (Å²) in [5.41, 5.74) is 2.21. The van der Waals surface area contributed by atoms with Crippen LogP contribution in [0.1, 0.15) is 20.8 Å². The number of thioether (sulfide) groups is 1. The Bertz CT molecular complexity index is 673. The number of hydrogen-bond donors (Lipinski definition) is 0. The molecule has 1 fully saturated rings. The van der Waals surface area contributed by atoms with Crippen LogP contribution in [0.3, 0.4) is 0 Å². The van der Waals surface area contributed by atoms with Crippen LogP contribution in [0.15, 0.2) is 24.5 Å². The third-order valence-corrected chi connectivity index (χ3v) is 6.57. The second-order valence-corrected chi connectivity index (χ2v) is 7.67. The number of rotatable bonds is 2. The highest BCUT2D eigenvalue weighted by atomic mass is 32.2. The van der Waals surface area contributed by atoms with E-state index in [0.29, 0.717) is 26.3 Å². The molecule has 0 radical (unpaired) electrons. The standard InChI is InChI=1S/C16H18N2O2S2/c19-15(17-6-8-20-9-7-17)14-12-3-10-21-11-13(12)22-16(14)18-4-1-2-5-18/h1-2,4-5H,3,6-11H2. The number of carbonyl (C=O) groups is 1. The summed E-state index contributed by atoms with van der Waals surface area (Å²) in [6.07, 6.45) is 5.06. The molecule has 1 amide bonds. The van der Waals surface area contributed by atoms with Gasteiger partial charge in [-0.15, -0.1) is 11.3 Å². The van der Waals surface area contributed by atoms with Crippen LogP contribution in [-0.2, 0) is 16.9 Å². The SMILES string of the molecule is O=C(c1c(-n2cccc2)sc2c1CCSC2)N1CCOCC1. The maximum absolute atomic E-state index is 13.1. The van der Waals surface area contributed by atoms with E-state index in [0.717, 1.165) is 28.5 Å². The normalized spacial score (nSPS) is 18.3. The number of ether oxygens (including phenoxy) is 1. The quantitative estimate of drug-likeness (QED) is 0.847. The molecule has 2 aromatic heterocycles. The average molecular weight is 334 g/mol. The molecule has 4 rings (SSSR count). The van der Waals surface area contributed by atoms with Crippen molar-refractivity contribution in [3.63, 3.8) is 0 Å². The van der Waals surface area contributed by atoms with Gasteiger partial charge in [0.05, 0.1) is 18.8 Å². The summed E-state index contributed by atoms with van der Waals surface area (Å²) in [4.78, 5) is 16.4. The molecule has 0 atom stereocenters. The van der Waals surface area contributed by atoms with E-state index >= 15 is 0 Å². The number of fused-ring (bicyclic) bond motifs is 1. The van der Waals surface area contributed by atoms with Crippen LogP contribution in [0.25, 0.3) is 5.00 Å². The molecule has 0 spiro atoms. The molecule has 0 saturated carbocycles. The van der Waals surface area contributed by atoms with E-state index in [4.69, 9.17) is 4.74 Å². The summed E-state index contributed by atoms with van der Waals surface area (Å²) in [6, 6.07) is 4.02. The van der Waals surface area contributed by atoms with Crippen molar-refractivity contribution in [1.29, 1.82) is 0 Å². The number of nitrogens with zero attached hydrogens (tertiary/aromatic N) is 2.